The summed E-state index contributed by atoms with van der Waals surface area (Å²) in [4.78, 5) is 30.6. The minimum absolute atomic E-state index is 0.0638. The number of hydrogen-bond donors (Lipinski definition) is 1. The molecule has 4 aliphatic rings. The summed E-state index contributed by atoms with van der Waals surface area (Å²) in [6.45, 7) is 12.9. The van der Waals surface area contributed by atoms with Crippen molar-refractivity contribution in [2.75, 3.05) is 0 Å². The van der Waals surface area contributed by atoms with Crippen molar-refractivity contribution < 1.29 is 14.1 Å². The van der Waals surface area contributed by atoms with E-state index in [0.717, 1.165) is 12.8 Å². The topological polar surface area (TPSA) is 82.5 Å². The van der Waals surface area contributed by atoms with Crippen molar-refractivity contribution in [3.05, 3.63) is 40.9 Å². The molecule has 6 atom stereocenters. The molecule has 6 rings (SSSR count). The van der Waals surface area contributed by atoms with Crippen LogP contribution in [0.15, 0.2) is 35.4 Å². The van der Waals surface area contributed by atoms with E-state index in [-0.39, 0.29) is 34.5 Å². The van der Waals surface area contributed by atoms with E-state index < -0.39 is 13.2 Å². The van der Waals surface area contributed by atoms with Gasteiger partial charge in [0.05, 0.1) is 28.5 Å². The van der Waals surface area contributed by atoms with Crippen molar-refractivity contribution in [2.24, 2.45) is 23.2 Å². The van der Waals surface area contributed by atoms with Crippen LogP contribution in [0.4, 0.5) is 0 Å². The van der Waals surface area contributed by atoms with Crippen molar-refractivity contribution >= 4 is 23.9 Å². The van der Waals surface area contributed by atoms with Crippen LogP contribution >= 0.6 is 0 Å². The summed E-state index contributed by atoms with van der Waals surface area (Å²) in [5.41, 5.74) is 0.346. The summed E-state index contributed by atoms with van der Waals surface area (Å²) in [7, 11) is -0.485. The molecule has 1 aliphatic heterocycles. The lowest BCUT2D eigenvalue weighted by Gasteiger charge is -2.64. The third-order valence-corrected chi connectivity index (χ3v) is 8.84. The molecule has 4 fully saturated rings. The van der Waals surface area contributed by atoms with Crippen LogP contribution in [0.3, 0.4) is 0 Å². The smallest absolute Gasteiger partial charge is 0.404 e. The van der Waals surface area contributed by atoms with Crippen molar-refractivity contribution in [3.8, 4) is 0 Å². The van der Waals surface area contributed by atoms with Crippen LogP contribution in [-0.4, -0.2) is 40.2 Å². The van der Waals surface area contributed by atoms with Crippen LogP contribution < -0.4 is 10.9 Å². The number of pyridine rings is 2. The van der Waals surface area contributed by atoms with Crippen molar-refractivity contribution in [3.63, 3.8) is 0 Å². The molecule has 3 saturated carbocycles. The van der Waals surface area contributed by atoms with Gasteiger partial charge >= 0.3 is 7.12 Å². The van der Waals surface area contributed by atoms with E-state index in [9.17, 15) is 9.59 Å². The molecule has 7 nitrogen and oxygen atoms in total. The molecule has 8 heteroatoms. The maximum Gasteiger partial charge on any atom is 0.481 e. The van der Waals surface area contributed by atoms with Gasteiger partial charge in [-0.3, -0.25) is 14.6 Å². The Morgan fingerprint density at radius 3 is 2.74 bits per heavy atom. The van der Waals surface area contributed by atoms with Crippen LogP contribution in [0.1, 0.15) is 66.8 Å². The van der Waals surface area contributed by atoms with Crippen LogP contribution in [0.2, 0.25) is 0 Å². The zero-order valence-corrected chi connectivity index (χ0v) is 21.1. The molecular weight excluding hydrogens is 429 g/mol. The van der Waals surface area contributed by atoms with Crippen LogP contribution in [0, 0.1) is 23.2 Å². The fourth-order valence-electron chi connectivity index (χ4n) is 6.64. The standard InChI is InChI=1S/C26H36BN3O4/c1-15(2)12-22(27-33-21-14-17-13-20(25(17,4)5)26(21,6)34-27)29-23(31)16(3)30-11-9-19-18(24(30)32)8-7-10-28-19/h7-11,15-17,20-22H,12-14H2,1-6H3,(H,29,31)/t16-,17-,20-,21+,22-,26-/m0/s1. The monoisotopic (exact) mass is 465 g/mol. The Morgan fingerprint density at radius 2 is 2.03 bits per heavy atom. The summed E-state index contributed by atoms with van der Waals surface area (Å²) in [5.74, 6) is 0.990. The van der Waals surface area contributed by atoms with E-state index >= 15 is 0 Å². The van der Waals surface area contributed by atoms with Crippen molar-refractivity contribution in [1.82, 2.24) is 14.9 Å². The first-order chi connectivity index (χ1) is 16.0. The lowest BCUT2D eigenvalue weighted by molar-refractivity contribution is -0.199. The second-order valence-corrected chi connectivity index (χ2v) is 11.7. The Kier molecular flexibility index (Phi) is 5.68. The Labute approximate surface area is 201 Å². The van der Waals surface area contributed by atoms with E-state index in [1.807, 2.05) is 0 Å². The molecule has 182 valence electrons. The SMILES string of the molecule is CC(C)C[C@H](NC(=O)[C@H](C)n1ccc2ncccc2c1=O)B1O[C@@H]2C[C@@H]3C[C@@H](C3(C)C)[C@]2(C)O1. The quantitative estimate of drug-likeness (QED) is 0.657. The molecule has 1 saturated heterocycles. The maximum atomic E-state index is 13.4. The molecule has 0 radical (unpaired) electrons. The summed E-state index contributed by atoms with van der Waals surface area (Å²) < 4.78 is 14.6. The summed E-state index contributed by atoms with van der Waals surface area (Å²) in [6.07, 6.45) is 6.30. The average molecular weight is 465 g/mol. The number of aromatic nitrogens is 2. The first-order valence-corrected chi connectivity index (χ1v) is 12.6. The highest BCUT2D eigenvalue weighted by Gasteiger charge is 2.68. The Balaban J connectivity index is 1.35. The van der Waals surface area contributed by atoms with Gasteiger partial charge in [0, 0.05) is 12.4 Å². The number of carbonyl (C=O) groups excluding carboxylic acids is 1. The van der Waals surface area contributed by atoms with Gasteiger partial charge in [-0.1, -0.05) is 27.7 Å². The largest absolute Gasteiger partial charge is 0.481 e. The fourth-order valence-corrected chi connectivity index (χ4v) is 6.64. The molecule has 1 N–H and O–H groups in total. The Bertz CT molecular complexity index is 1160. The predicted molar refractivity (Wildman–Crippen MR) is 132 cm³/mol. The molecule has 3 aliphatic carbocycles. The molecule has 0 unspecified atom stereocenters. The van der Waals surface area contributed by atoms with Crippen molar-refractivity contribution in [1.29, 1.82) is 0 Å². The number of amides is 1. The number of hydrogen-bond acceptors (Lipinski definition) is 5. The van der Waals surface area contributed by atoms with Gasteiger partial charge in [0.2, 0.25) is 5.91 Å². The van der Waals surface area contributed by atoms with Gasteiger partial charge < -0.3 is 19.2 Å². The van der Waals surface area contributed by atoms with Gasteiger partial charge in [0.25, 0.3) is 5.56 Å². The Hall–Kier alpha value is -2.19. The molecule has 0 spiro atoms. The van der Waals surface area contributed by atoms with Gasteiger partial charge in [-0.2, -0.15) is 0 Å². The first kappa shape index (κ1) is 23.6. The molecule has 2 aromatic rings. The maximum absolute atomic E-state index is 13.4. The zero-order valence-electron chi connectivity index (χ0n) is 21.1. The minimum atomic E-state index is -0.669. The minimum Gasteiger partial charge on any atom is -0.404 e. The van der Waals surface area contributed by atoms with Crippen LogP contribution in [0.5, 0.6) is 0 Å². The van der Waals surface area contributed by atoms with E-state index in [1.54, 1.807) is 37.5 Å². The van der Waals surface area contributed by atoms with E-state index in [2.05, 4.69) is 44.9 Å². The van der Waals surface area contributed by atoms with E-state index in [4.69, 9.17) is 9.31 Å². The molecule has 2 bridgehead atoms. The van der Waals surface area contributed by atoms with Gasteiger partial charge in [-0.25, -0.2) is 0 Å². The summed E-state index contributed by atoms with van der Waals surface area (Å²) in [5, 5.41) is 3.68. The third kappa shape index (κ3) is 3.61. The third-order valence-electron chi connectivity index (χ3n) is 8.84. The highest BCUT2D eigenvalue weighted by molar-refractivity contribution is 6.47. The number of nitrogens with zero attached hydrogens (tertiary/aromatic N) is 2. The number of fused-ring (bicyclic) bond motifs is 1. The average Bonchev–Trinajstić information content (AvgIpc) is 3.15. The fraction of sp³-hybridized carbons (Fsp3) is 0.654. The Morgan fingerprint density at radius 1 is 1.26 bits per heavy atom. The summed E-state index contributed by atoms with van der Waals surface area (Å²) >= 11 is 0. The lowest BCUT2D eigenvalue weighted by Crippen LogP contribution is -2.65. The van der Waals surface area contributed by atoms with Gasteiger partial charge in [0.1, 0.15) is 6.04 Å². The molecule has 0 aromatic carbocycles. The van der Waals surface area contributed by atoms with Crippen LogP contribution in [0.25, 0.3) is 10.9 Å². The van der Waals surface area contributed by atoms with Crippen LogP contribution in [-0.2, 0) is 14.1 Å². The molecule has 1 amide bonds. The van der Waals surface area contributed by atoms with Gasteiger partial charge in [-0.15, -0.1) is 0 Å². The highest BCUT2D eigenvalue weighted by atomic mass is 16.7. The lowest BCUT2D eigenvalue weighted by atomic mass is 9.43. The highest BCUT2D eigenvalue weighted by Crippen LogP contribution is 2.65. The molecule has 3 heterocycles. The number of carbonyl (C=O) groups is 1. The van der Waals surface area contributed by atoms with Crippen molar-refractivity contribution in [2.45, 2.75) is 84.5 Å². The number of rotatable bonds is 6. The second kappa shape index (κ2) is 8.19. The van der Waals surface area contributed by atoms with E-state index in [1.165, 1.54) is 11.0 Å². The molecular formula is C26H36BN3O4. The van der Waals surface area contributed by atoms with Gasteiger partial charge in [-0.05, 0) is 74.5 Å². The van der Waals surface area contributed by atoms with Gasteiger partial charge in [0.15, 0.2) is 0 Å². The second-order valence-electron chi connectivity index (χ2n) is 11.7. The number of nitrogens with one attached hydrogen (secondary N) is 1. The predicted octanol–water partition coefficient (Wildman–Crippen LogP) is 3.76. The van der Waals surface area contributed by atoms with E-state index in [0.29, 0.717) is 28.7 Å². The molecule has 34 heavy (non-hydrogen) atoms. The normalized spacial score (nSPS) is 31.1. The first-order valence-electron chi connectivity index (χ1n) is 12.6. The zero-order chi connectivity index (χ0) is 24.4. The molecule has 2 aromatic heterocycles. The summed E-state index contributed by atoms with van der Waals surface area (Å²) in [6, 6.07) is 4.58.